The van der Waals surface area contributed by atoms with Crippen LogP contribution in [-0.4, -0.2) is 13.4 Å². The monoisotopic (exact) mass is 193 g/mol. The van der Waals surface area contributed by atoms with Gasteiger partial charge in [0.05, 0.1) is 0 Å². The van der Waals surface area contributed by atoms with Crippen molar-refractivity contribution < 1.29 is 9.84 Å². The molecule has 0 aliphatic carbocycles. The lowest BCUT2D eigenvalue weighted by atomic mass is 10.1. The molecular formula is C12H17O2. The van der Waals surface area contributed by atoms with Gasteiger partial charge in [-0.25, -0.2) is 5.11 Å². The zero-order valence-corrected chi connectivity index (χ0v) is 8.45. The van der Waals surface area contributed by atoms with E-state index in [2.05, 4.69) is 24.3 Å². The SMILES string of the molecule is [O]COCCCCCc1ccccc1. The van der Waals surface area contributed by atoms with Crippen molar-refractivity contribution in [2.45, 2.75) is 25.7 Å². The summed E-state index contributed by atoms with van der Waals surface area (Å²) < 4.78 is 4.73. The molecule has 1 rings (SSSR count). The summed E-state index contributed by atoms with van der Waals surface area (Å²) >= 11 is 0. The largest absolute Gasteiger partial charge is 0.352 e. The smallest absolute Gasteiger partial charge is 0.180 e. The quantitative estimate of drug-likeness (QED) is 0.483. The van der Waals surface area contributed by atoms with Crippen LogP contribution in [0.25, 0.3) is 0 Å². The third-order valence-corrected chi connectivity index (χ3v) is 2.18. The Balaban J connectivity index is 1.99. The van der Waals surface area contributed by atoms with Gasteiger partial charge < -0.3 is 4.74 Å². The van der Waals surface area contributed by atoms with Gasteiger partial charge in [0, 0.05) is 6.61 Å². The van der Waals surface area contributed by atoms with Gasteiger partial charge >= 0.3 is 0 Å². The zero-order valence-electron chi connectivity index (χ0n) is 8.45. The molecule has 0 atom stereocenters. The van der Waals surface area contributed by atoms with Crippen LogP contribution in [0.2, 0.25) is 0 Å². The summed E-state index contributed by atoms with van der Waals surface area (Å²) in [7, 11) is 0. The Morgan fingerprint density at radius 2 is 1.79 bits per heavy atom. The first kappa shape index (κ1) is 11.2. The molecule has 0 N–H and O–H groups in total. The van der Waals surface area contributed by atoms with Crippen LogP contribution >= 0.6 is 0 Å². The maximum atomic E-state index is 9.96. The average Bonchev–Trinajstić information content (AvgIpc) is 2.25. The predicted molar refractivity (Wildman–Crippen MR) is 55.5 cm³/mol. The van der Waals surface area contributed by atoms with E-state index in [1.54, 1.807) is 0 Å². The molecule has 0 amide bonds. The van der Waals surface area contributed by atoms with Gasteiger partial charge in [0.1, 0.15) is 0 Å². The molecule has 1 radical (unpaired) electrons. The van der Waals surface area contributed by atoms with Gasteiger partial charge in [-0.1, -0.05) is 36.8 Å². The molecular weight excluding hydrogens is 176 g/mol. The number of ether oxygens (including phenoxy) is 1. The molecule has 0 fully saturated rings. The van der Waals surface area contributed by atoms with E-state index in [1.807, 2.05) is 6.07 Å². The fourth-order valence-corrected chi connectivity index (χ4v) is 1.41. The predicted octanol–water partition coefficient (Wildman–Crippen LogP) is 2.80. The van der Waals surface area contributed by atoms with Crippen LogP contribution < -0.4 is 0 Å². The highest BCUT2D eigenvalue weighted by atomic mass is 16.6. The summed E-state index contributed by atoms with van der Waals surface area (Å²) in [5.41, 5.74) is 1.39. The van der Waals surface area contributed by atoms with Crippen LogP contribution in [0.3, 0.4) is 0 Å². The first-order valence-electron chi connectivity index (χ1n) is 5.13. The summed E-state index contributed by atoms with van der Waals surface area (Å²) in [6.07, 6.45) is 4.43. The van der Waals surface area contributed by atoms with Crippen molar-refractivity contribution >= 4 is 0 Å². The fraction of sp³-hybridized carbons (Fsp3) is 0.500. The molecule has 77 valence electrons. The number of benzene rings is 1. The number of hydrogen-bond donors (Lipinski definition) is 0. The Bertz CT molecular complexity index is 221. The van der Waals surface area contributed by atoms with Crippen LogP contribution in [0.1, 0.15) is 24.8 Å². The maximum absolute atomic E-state index is 9.96. The molecule has 0 heterocycles. The minimum atomic E-state index is -0.404. The Hall–Kier alpha value is -0.860. The van der Waals surface area contributed by atoms with E-state index in [0.717, 1.165) is 19.3 Å². The molecule has 0 aliphatic rings. The first-order chi connectivity index (χ1) is 6.93. The molecule has 0 aromatic heterocycles. The third kappa shape index (κ3) is 5.00. The second-order valence-corrected chi connectivity index (χ2v) is 3.32. The van der Waals surface area contributed by atoms with Crippen LogP contribution in [0, 0.1) is 0 Å². The highest BCUT2D eigenvalue weighted by Gasteiger charge is 1.92. The van der Waals surface area contributed by atoms with E-state index in [-0.39, 0.29) is 0 Å². The summed E-state index contributed by atoms with van der Waals surface area (Å²) in [5.74, 6) is 0. The van der Waals surface area contributed by atoms with Gasteiger partial charge in [-0.2, -0.15) is 0 Å². The Labute approximate surface area is 85.5 Å². The third-order valence-electron chi connectivity index (χ3n) is 2.18. The molecule has 0 aliphatic heterocycles. The molecule has 2 heteroatoms. The first-order valence-corrected chi connectivity index (χ1v) is 5.13. The molecule has 0 bridgehead atoms. The zero-order chi connectivity index (χ0) is 10.1. The lowest BCUT2D eigenvalue weighted by molar-refractivity contribution is -0.0446. The normalized spacial score (nSPS) is 10.4. The molecule has 0 saturated carbocycles. The average molecular weight is 193 g/mol. The topological polar surface area (TPSA) is 29.1 Å². The van der Waals surface area contributed by atoms with E-state index >= 15 is 0 Å². The standard InChI is InChI=1S/C12H17O2/c13-11-14-10-6-2-5-9-12-7-3-1-4-8-12/h1,3-4,7-8H,2,5-6,9-11H2. The van der Waals surface area contributed by atoms with Crippen LogP contribution in [0.5, 0.6) is 0 Å². The second kappa shape index (κ2) is 7.54. The van der Waals surface area contributed by atoms with Crippen molar-refractivity contribution in [3.05, 3.63) is 35.9 Å². The molecule has 1 aromatic carbocycles. The molecule has 2 nitrogen and oxygen atoms in total. The minimum absolute atomic E-state index is 0.404. The summed E-state index contributed by atoms with van der Waals surface area (Å²) in [6, 6.07) is 10.5. The summed E-state index contributed by atoms with van der Waals surface area (Å²) in [4.78, 5) is 0. The minimum Gasteiger partial charge on any atom is -0.352 e. The summed E-state index contributed by atoms with van der Waals surface area (Å²) in [6.45, 7) is 0.205. The fourth-order valence-electron chi connectivity index (χ4n) is 1.41. The number of hydrogen-bond acceptors (Lipinski definition) is 1. The number of aryl methyl sites for hydroxylation is 1. The summed E-state index contributed by atoms with van der Waals surface area (Å²) in [5, 5.41) is 9.96. The number of rotatable bonds is 7. The maximum Gasteiger partial charge on any atom is 0.180 e. The van der Waals surface area contributed by atoms with E-state index in [9.17, 15) is 5.11 Å². The Morgan fingerprint density at radius 1 is 1.00 bits per heavy atom. The van der Waals surface area contributed by atoms with Crippen molar-refractivity contribution in [3.63, 3.8) is 0 Å². The molecule has 0 unspecified atom stereocenters. The van der Waals surface area contributed by atoms with Crippen molar-refractivity contribution in [2.75, 3.05) is 13.4 Å². The second-order valence-electron chi connectivity index (χ2n) is 3.32. The van der Waals surface area contributed by atoms with Gasteiger partial charge in [-0.15, -0.1) is 0 Å². The highest BCUT2D eigenvalue weighted by Crippen LogP contribution is 2.05. The van der Waals surface area contributed by atoms with Gasteiger partial charge in [-0.05, 0) is 24.8 Å². The Kier molecular flexibility index (Phi) is 6.04. The molecule has 0 saturated heterocycles. The Morgan fingerprint density at radius 3 is 2.50 bits per heavy atom. The number of unbranched alkanes of at least 4 members (excludes halogenated alkanes) is 2. The molecule has 14 heavy (non-hydrogen) atoms. The van der Waals surface area contributed by atoms with E-state index in [4.69, 9.17) is 4.74 Å². The molecule has 1 aromatic rings. The van der Waals surface area contributed by atoms with Crippen molar-refractivity contribution in [1.82, 2.24) is 0 Å². The van der Waals surface area contributed by atoms with Gasteiger partial charge in [0.2, 0.25) is 0 Å². The molecule has 0 spiro atoms. The van der Waals surface area contributed by atoms with Crippen molar-refractivity contribution in [3.8, 4) is 0 Å². The van der Waals surface area contributed by atoms with Crippen molar-refractivity contribution in [2.24, 2.45) is 0 Å². The van der Waals surface area contributed by atoms with Crippen LogP contribution in [0.4, 0.5) is 0 Å². The van der Waals surface area contributed by atoms with E-state index in [1.165, 1.54) is 12.0 Å². The van der Waals surface area contributed by atoms with Gasteiger partial charge in [0.25, 0.3) is 0 Å². The van der Waals surface area contributed by atoms with Crippen molar-refractivity contribution in [1.29, 1.82) is 0 Å². The van der Waals surface area contributed by atoms with E-state index < -0.39 is 6.79 Å². The van der Waals surface area contributed by atoms with Crippen LogP contribution in [-0.2, 0) is 16.3 Å². The highest BCUT2D eigenvalue weighted by molar-refractivity contribution is 5.14. The van der Waals surface area contributed by atoms with Gasteiger partial charge in [0.15, 0.2) is 6.79 Å². The van der Waals surface area contributed by atoms with E-state index in [0.29, 0.717) is 6.61 Å². The lowest BCUT2D eigenvalue weighted by Crippen LogP contribution is -1.94. The van der Waals surface area contributed by atoms with Crippen LogP contribution in [0.15, 0.2) is 30.3 Å². The lowest BCUT2D eigenvalue weighted by Gasteiger charge is -2.01. The van der Waals surface area contributed by atoms with Gasteiger partial charge in [-0.3, -0.25) is 0 Å².